The Morgan fingerprint density at radius 1 is 1.39 bits per heavy atom. The Morgan fingerprint density at radius 2 is 2.17 bits per heavy atom. The number of nitrogens with one attached hydrogen (secondary N) is 1. The molecule has 0 aliphatic carbocycles. The number of thiophene rings is 1. The summed E-state index contributed by atoms with van der Waals surface area (Å²) < 4.78 is 31.4. The van der Waals surface area contributed by atoms with Crippen molar-refractivity contribution in [3.63, 3.8) is 0 Å². The zero-order valence-electron chi connectivity index (χ0n) is 10.4. The SMILES string of the molecule is COCCCCCNS(=O)(=O)c1cc(CO)cs1. The van der Waals surface area contributed by atoms with Gasteiger partial charge in [0.05, 0.1) is 6.61 Å². The van der Waals surface area contributed by atoms with Crippen LogP contribution in [0.25, 0.3) is 0 Å². The monoisotopic (exact) mass is 293 g/mol. The number of aliphatic hydroxyl groups is 1. The smallest absolute Gasteiger partial charge is 0.250 e. The first-order valence-corrected chi connectivity index (χ1v) is 8.13. The van der Waals surface area contributed by atoms with Gasteiger partial charge in [-0.05, 0) is 36.3 Å². The van der Waals surface area contributed by atoms with Gasteiger partial charge in [-0.15, -0.1) is 11.3 Å². The molecule has 0 saturated heterocycles. The average Bonchev–Trinajstić information content (AvgIpc) is 2.83. The lowest BCUT2D eigenvalue weighted by Crippen LogP contribution is -2.24. The Balaban J connectivity index is 2.36. The van der Waals surface area contributed by atoms with Gasteiger partial charge in [0.25, 0.3) is 0 Å². The molecule has 0 saturated carbocycles. The third kappa shape index (κ3) is 5.03. The summed E-state index contributed by atoms with van der Waals surface area (Å²) in [4.78, 5) is 0. The molecule has 0 atom stereocenters. The maximum absolute atomic E-state index is 11.8. The molecule has 1 heterocycles. The van der Waals surface area contributed by atoms with Crippen LogP contribution < -0.4 is 4.72 Å². The standard InChI is InChI=1S/C11H19NO4S2/c1-16-6-4-2-3-5-12-18(14,15)11-7-10(8-13)9-17-11/h7,9,12-13H,2-6,8H2,1H3. The van der Waals surface area contributed by atoms with E-state index in [1.54, 1.807) is 12.5 Å². The van der Waals surface area contributed by atoms with Crippen molar-refractivity contribution >= 4 is 21.4 Å². The van der Waals surface area contributed by atoms with Crippen molar-refractivity contribution < 1.29 is 18.3 Å². The minimum atomic E-state index is -3.42. The summed E-state index contributed by atoms with van der Waals surface area (Å²) in [5, 5.41) is 10.5. The lowest BCUT2D eigenvalue weighted by molar-refractivity contribution is 0.192. The number of methoxy groups -OCH3 is 1. The highest BCUT2D eigenvalue weighted by Crippen LogP contribution is 2.19. The van der Waals surface area contributed by atoms with Gasteiger partial charge < -0.3 is 9.84 Å². The molecule has 0 radical (unpaired) electrons. The van der Waals surface area contributed by atoms with Gasteiger partial charge in [0.1, 0.15) is 4.21 Å². The van der Waals surface area contributed by atoms with E-state index in [2.05, 4.69) is 4.72 Å². The Morgan fingerprint density at radius 3 is 2.78 bits per heavy atom. The van der Waals surface area contributed by atoms with E-state index in [0.717, 1.165) is 30.6 Å². The number of aliphatic hydroxyl groups excluding tert-OH is 1. The fourth-order valence-corrected chi connectivity index (χ4v) is 3.72. The lowest BCUT2D eigenvalue weighted by Gasteiger charge is -2.04. The van der Waals surface area contributed by atoms with Crippen LogP contribution in [0.4, 0.5) is 0 Å². The molecule has 104 valence electrons. The fraction of sp³-hybridized carbons (Fsp3) is 0.636. The van der Waals surface area contributed by atoms with Gasteiger partial charge in [-0.3, -0.25) is 0 Å². The van der Waals surface area contributed by atoms with Crippen molar-refractivity contribution in [1.29, 1.82) is 0 Å². The first kappa shape index (κ1) is 15.6. The summed E-state index contributed by atoms with van der Waals surface area (Å²) in [6.45, 7) is 0.999. The molecule has 1 aromatic heterocycles. The maximum atomic E-state index is 11.8. The molecule has 0 aliphatic heterocycles. The molecule has 18 heavy (non-hydrogen) atoms. The predicted molar refractivity (Wildman–Crippen MR) is 71.2 cm³/mol. The second kappa shape index (κ2) is 7.85. The van der Waals surface area contributed by atoms with Gasteiger partial charge in [0, 0.05) is 20.3 Å². The summed E-state index contributed by atoms with van der Waals surface area (Å²) in [5.74, 6) is 0. The molecular formula is C11H19NO4S2. The van der Waals surface area contributed by atoms with E-state index in [4.69, 9.17) is 9.84 Å². The quantitative estimate of drug-likeness (QED) is 0.674. The van der Waals surface area contributed by atoms with Gasteiger partial charge in [0.15, 0.2) is 0 Å². The molecule has 2 N–H and O–H groups in total. The van der Waals surface area contributed by atoms with Gasteiger partial charge >= 0.3 is 0 Å². The molecule has 0 spiro atoms. The van der Waals surface area contributed by atoms with Crippen molar-refractivity contribution in [1.82, 2.24) is 4.72 Å². The topological polar surface area (TPSA) is 75.6 Å². The first-order chi connectivity index (χ1) is 8.60. The number of hydrogen-bond donors (Lipinski definition) is 2. The van der Waals surface area contributed by atoms with Crippen molar-refractivity contribution in [3.05, 3.63) is 17.0 Å². The summed E-state index contributed by atoms with van der Waals surface area (Å²) in [6, 6.07) is 1.50. The number of rotatable bonds is 9. The van der Waals surface area contributed by atoms with Crippen LogP contribution in [0.1, 0.15) is 24.8 Å². The van der Waals surface area contributed by atoms with Crippen molar-refractivity contribution in [2.75, 3.05) is 20.3 Å². The lowest BCUT2D eigenvalue weighted by atomic mass is 10.2. The van der Waals surface area contributed by atoms with Crippen LogP contribution in [0.3, 0.4) is 0 Å². The highest BCUT2D eigenvalue weighted by Gasteiger charge is 2.15. The second-order valence-corrected chi connectivity index (χ2v) is 6.79. The van der Waals surface area contributed by atoms with Crippen LogP contribution in [-0.2, 0) is 21.4 Å². The molecule has 1 aromatic rings. The average molecular weight is 293 g/mol. The fourth-order valence-electron chi connectivity index (χ4n) is 1.40. The van der Waals surface area contributed by atoms with Crippen LogP contribution >= 0.6 is 11.3 Å². The Kier molecular flexibility index (Phi) is 6.80. The molecule has 0 amide bonds. The molecule has 0 fully saturated rings. The number of sulfonamides is 1. The second-order valence-electron chi connectivity index (χ2n) is 3.88. The minimum Gasteiger partial charge on any atom is -0.392 e. The Hall–Kier alpha value is -0.470. The third-order valence-electron chi connectivity index (χ3n) is 2.39. The van der Waals surface area contributed by atoms with E-state index < -0.39 is 10.0 Å². The minimum absolute atomic E-state index is 0.136. The van der Waals surface area contributed by atoms with Crippen LogP contribution in [0.5, 0.6) is 0 Å². The molecule has 5 nitrogen and oxygen atoms in total. The van der Waals surface area contributed by atoms with E-state index in [0.29, 0.717) is 18.7 Å². The van der Waals surface area contributed by atoms with Gasteiger partial charge in [-0.2, -0.15) is 0 Å². The largest absolute Gasteiger partial charge is 0.392 e. The first-order valence-electron chi connectivity index (χ1n) is 5.77. The third-order valence-corrected chi connectivity index (χ3v) is 5.34. The van der Waals surface area contributed by atoms with Crippen molar-refractivity contribution in [2.45, 2.75) is 30.1 Å². The summed E-state index contributed by atoms with van der Waals surface area (Å²) in [5.41, 5.74) is 0.625. The normalized spacial score (nSPS) is 11.9. The molecule has 1 rings (SSSR count). The van der Waals surface area contributed by atoms with E-state index in [9.17, 15) is 8.42 Å². The maximum Gasteiger partial charge on any atom is 0.250 e. The summed E-state index contributed by atoms with van der Waals surface area (Å²) in [6.07, 6.45) is 2.66. The molecular weight excluding hydrogens is 274 g/mol. The van der Waals surface area contributed by atoms with Gasteiger partial charge in [0.2, 0.25) is 10.0 Å². The summed E-state index contributed by atoms with van der Waals surface area (Å²) >= 11 is 1.12. The van der Waals surface area contributed by atoms with E-state index in [-0.39, 0.29) is 10.8 Å². The van der Waals surface area contributed by atoms with E-state index in [1.165, 1.54) is 6.07 Å². The van der Waals surface area contributed by atoms with E-state index >= 15 is 0 Å². The van der Waals surface area contributed by atoms with Crippen LogP contribution in [0, 0.1) is 0 Å². The zero-order valence-corrected chi connectivity index (χ0v) is 12.0. The van der Waals surface area contributed by atoms with Crippen LogP contribution in [0.15, 0.2) is 15.7 Å². The molecule has 7 heteroatoms. The number of unbranched alkanes of at least 4 members (excludes halogenated alkanes) is 2. The molecule has 0 aliphatic rings. The summed E-state index contributed by atoms with van der Waals surface area (Å²) in [7, 11) is -1.77. The molecule has 0 bridgehead atoms. The number of ether oxygens (including phenoxy) is 1. The predicted octanol–water partition coefficient (Wildman–Crippen LogP) is 1.34. The molecule has 0 unspecified atom stereocenters. The Labute approximate surface area is 112 Å². The number of hydrogen-bond acceptors (Lipinski definition) is 5. The Bertz CT molecular complexity index is 442. The van der Waals surface area contributed by atoms with Crippen molar-refractivity contribution in [3.8, 4) is 0 Å². The van der Waals surface area contributed by atoms with Crippen LogP contribution in [-0.4, -0.2) is 33.8 Å². The molecule has 0 aromatic carbocycles. The van der Waals surface area contributed by atoms with Crippen molar-refractivity contribution in [2.24, 2.45) is 0 Å². The van der Waals surface area contributed by atoms with Gasteiger partial charge in [-0.1, -0.05) is 0 Å². The van der Waals surface area contributed by atoms with E-state index in [1.807, 2.05) is 0 Å². The van der Waals surface area contributed by atoms with Crippen LogP contribution in [0.2, 0.25) is 0 Å². The zero-order chi connectivity index (χ0) is 13.4. The highest BCUT2D eigenvalue weighted by atomic mass is 32.2. The highest BCUT2D eigenvalue weighted by molar-refractivity contribution is 7.91. The van der Waals surface area contributed by atoms with Gasteiger partial charge in [-0.25, -0.2) is 13.1 Å².